The first kappa shape index (κ1) is 15.7. The van der Waals surface area contributed by atoms with Crippen LogP contribution in [0.25, 0.3) is 0 Å². The maximum Gasteiger partial charge on any atom is 0.254 e. The van der Waals surface area contributed by atoms with E-state index in [9.17, 15) is 9.18 Å². The molecule has 2 nitrogen and oxygen atoms in total. The van der Waals surface area contributed by atoms with E-state index in [0.717, 1.165) is 12.8 Å². The number of benzene rings is 2. The van der Waals surface area contributed by atoms with Crippen LogP contribution in [0.3, 0.4) is 0 Å². The number of hydrogen-bond acceptors (Lipinski definition) is 1. The molecule has 2 aromatic rings. The molecule has 0 saturated carbocycles. The van der Waals surface area contributed by atoms with Gasteiger partial charge in [-0.05, 0) is 43.5 Å². The Balaban J connectivity index is 1.91. The van der Waals surface area contributed by atoms with E-state index >= 15 is 0 Å². The highest BCUT2D eigenvalue weighted by molar-refractivity contribution is 9.10. The van der Waals surface area contributed by atoms with Crippen LogP contribution in [0, 0.1) is 5.82 Å². The highest BCUT2D eigenvalue weighted by Crippen LogP contribution is 2.16. The molecule has 0 heterocycles. The second-order valence-corrected chi connectivity index (χ2v) is 5.94. The van der Waals surface area contributed by atoms with Crippen molar-refractivity contribution in [3.05, 3.63) is 69.9 Å². The SMILES string of the molecule is CC(CCc1ccccc1)NC(=O)c1cc(Br)ccc1F. The summed E-state index contributed by atoms with van der Waals surface area (Å²) < 4.78 is 14.3. The van der Waals surface area contributed by atoms with Gasteiger partial charge in [0.05, 0.1) is 5.56 Å². The van der Waals surface area contributed by atoms with Crippen molar-refractivity contribution in [3.63, 3.8) is 0 Å². The Bertz CT molecular complexity index is 615. The molecule has 0 bridgehead atoms. The highest BCUT2D eigenvalue weighted by Gasteiger charge is 2.14. The molecule has 1 atom stereocenters. The number of hydrogen-bond donors (Lipinski definition) is 1. The second-order valence-electron chi connectivity index (χ2n) is 5.02. The van der Waals surface area contributed by atoms with Crippen molar-refractivity contribution in [1.82, 2.24) is 5.32 Å². The summed E-state index contributed by atoms with van der Waals surface area (Å²) in [6, 6.07) is 14.4. The van der Waals surface area contributed by atoms with Gasteiger partial charge in [-0.25, -0.2) is 4.39 Å². The summed E-state index contributed by atoms with van der Waals surface area (Å²) in [6.07, 6.45) is 1.69. The van der Waals surface area contributed by atoms with Gasteiger partial charge in [-0.3, -0.25) is 4.79 Å². The van der Waals surface area contributed by atoms with Gasteiger partial charge in [-0.15, -0.1) is 0 Å². The van der Waals surface area contributed by atoms with Crippen molar-refractivity contribution in [2.24, 2.45) is 0 Å². The molecule has 0 radical (unpaired) electrons. The van der Waals surface area contributed by atoms with E-state index in [-0.39, 0.29) is 17.5 Å². The number of aryl methyl sites for hydroxylation is 1. The van der Waals surface area contributed by atoms with Crippen molar-refractivity contribution in [2.75, 3.05) is 0 Å². The van der Waals surface area contributed by atoms with E-state index in [0.29, 0.717) is 4.47 Å². The molecule has 1 unspecified atom stereocenters. The van der Waals surface area contributed by atoms with E-state index in [4.69, 9.17) is 0 Å². The molecule has 0 spiro atoms. The maximum atomic E-state index is 13.6. The minimum absolute atomic E-state index is 0.0175. The molecule has 0 aliphatic heterocycles. The minimum Gasteiger partial charge on any atom is -0.349 e. The molecule has 0 aliphatic rings. The van der Waals surface area contributed by atoms with Gasteiger partial charge in [0.1, 0.15) is 5.82 Å². The first-order valence-electron chi connectivity index (χ1n) is 6.86. The second kappa shape index (κ2) is 7.36. The summed E-state index contributed by atoms with van der Waals surface area (Å²) in [7, 11) is 0. The zero-order valence-corrected chi connectivity index (χ0v) is 13.4. The van der Waals surface area contributed by atoms with Gasteiger partial charge in [0.25, 0.3) is 5.91 Å². The third-order valence-electron chi connectivity index (χ3n) is 3.26. The summed E-state index contributed by atoms with van der Waals surface area (Å²) in [5, 5.41) is 2.83. The topological polar surface area (TPSA) is 29.1 Å². The van der Waals surface area contributed by atoms with E-state index in [2.05, 4.69) is 33.4 Å². The van der Waals surface area contributed by atoms with E-state index in [1.165, 1.54) is 17.7 Å². The number of nitrogens with one attached hydrogen (secondary N) is 1. The number of amides is 1. The van der Waals surface area contributed by atoms with Crippen LogP contribution in [0.1, 0.15) is 29.3 Å². The Morgan fingerprint density at radius 1 is 1.24 bits per heavy atom. The minimum atomic E-state index is -0.508. The molecule has 4 heteroatoms. The van der Waals surface area contributed by atoms with Crippen LogP contribution < -0.4 is 5.32 Å². The monoisotopic (exact) mass is 349 g/mol. The van der Waals surface area contributed by atoms with Gasteiger partial charge < -0.3 is 5.32 Å². The lowest BCUT2D eigenvalue weighted by atomic mass is 10.1. The normalized spacial score (nSPS) is 12.0. The van der Waals surface area contributed by atoms with Crippen molar-refractivity contribution < 1.29 is 9.18 Å². The average Bonchev–Trinajstić information content (AvgIpc) is 2.48. The molecule has 1 N–H and O–H groups in total. The molecular formula is C17H17BrFNO. The first-order valence-corrected chi connectivity index (χ1v) is 7.65. The largest absolute Gasteiger partial charge is 0.349 e. The Hall–Kier alpha value is -1.68. The lowest BCUT2D eigenvalue weighted by Gasteiger charge is -2.14. The zero-order valence-electron chi connectivity index (χ0n) is 11.8. The van der Waals surface area contributed by atoms with Crippen molar-refractivity contribution >= 4 is 21.8 Å². The Kier molecular flexibility index (Phi) is 5.51. The quantitative estimate of drug-likeness (QED) is 0.854. The summed E-state index contributed by atoms with van der Waals surface area (Å²) in [5.74, 6) is -0.889. The molecule has 110 valence electrons. The van der Waals surface area contributed by atoms with E-state index in [1.807, 2.05) is 25.1 Å². The third kappa shape index (κ3) is 4.67. The molecule has 0 saturated heterocycles. The molecule has 0 aliphatic carbocycles. The molecule has 0 fully saturated rings. The van der Waals surface area contributed by atoms with Crippen LogP contribution in [0.2, 0.25) is 0 Å². The zero-order chi connectivity index (χ0) is 15.2. The fourth-order valence-corrected chi connectivity index (χ4v) is 2.43. The lowest BCUT2D eigenvalue weighted by Crippen LogP contribution is -2.33. The Morgan fingerprint density at radius 3 is 2.67 bits per heavy atom. The molecule has 1 amide bonds. The fourth-order valence-electron chi connectivity index (χ4n) is 2.07. The van der Waals surface area contributed by atoms with Gasteiger partial charge in [0.15, 0.2) is 0 Å². The maximum absolute atomic E-state index is 13.6. The van der Waals surface area contributed by atoms with Crippen LogP contribution >= 0.6 is 15.9 Å². The van der Waals surface area contributed by atoms with Gasteiger partial charge in [-0.1, -0.05) is 46.3 Å². The lowest BCUT2D eigenvalue weighted by molar-refractivity contribution is 0.0934. The van der Waals surface area contributed by atoms with E-state index in [1.54, 1.807) is 6.07 Å². The molecular weight excluding hydrogens is 333 g/mol. The van der Waals surface area contributed by atoms with Crippen LogP contribution in [0.4, 0.5) is 4.39 Å². The van der Waals surface area contributed by atoms with Crippen LogP contribution in [-0.4, -0.2) is 11.9 Å². The summed E-state index contributed by atoms with van der Waals surface area (Å²) in [6.45, 7) is 1.93. The van der Waals surface area contributed by atoms with Crippen LogP contribution in [-0.2, 0) is 6.42 Å². The first-order chi connectivity index (χ1) is 10.1. The van der Waals surface area contributed by atoms with Crippen molar-refractivity contribution in [1.29, 1.82) is 0 Å². The summed E-state index contributed by atoms with van der Waals surface area (Å²) >= 11 is 3.25. The van der Waals surface area contributed by atoms with Gasteiger partial charge in [-0.2, -0.15) is 0 Å². The average molecular weight is 350 g/mol. The van der Waals surface area contributed by atoms with Crippen LogP contribution in [0.5, 0.6) is 0 Å². The Morgan fingerprint density at radius 2 is 1.95 bits per heavy atom. The highest BCUT2D eigenvalue weighted by atomic mass is 79.9. The standard InChI is InChI=1S/C17H17BrFNO/c1-12(7-8-13-5-3-2-4-6-13)20-17(21)15-11-14(18)9-10-16(15)19/h2-6,9-12H,7-8H2,1H3,(H,20,21). The van der Waals surface area contributed by atoms with Gasteiger partial charge in [0.2, 0.25) is 0 Å². The van der Waals surface area contributed by atoms with Crippen molar-refractivity contribution in [3.8, 4) is 0 Å². The smallest absolute Gasteiger partial charge is 0.254 e. The van der Waals surface area contributed by atoms with E-state index < -0.39 is 5.82 Å². The van der Waals surface area contributed by atoms with Crippen LogP contribution in [0.15, 0.2) is 53.0 Å². The number of rotatable bonds is 5. The number of carbonyl (C=O) groups is 1. The molecule has 2 rings (SSSR count). The molecule has 21 heavy (non-hydrogen) atoms. The predicted octanol–water partition coefficient (Wildman–Crippen LogP) is 4.34. The third-order valence-corrected chi connectivity index (χ3v) is 3.75. The number of halogens is 2. The predicted molar refractivity (Wildman–Crippen MR) is 85.8 cm³/mol. The van der Waals surface area contributed by atoms with Gasteiger partial charge in [0, 0.05) is 10.5 Å². The molecule has 2 aromatic carbocycles. The fraction of sp³-hybridized carbons (Fsp3) is 0.235. The summed E-state index contributed by atoms with van der Waals surface area (Å²) in [4.78, 5) is 12.1. The summed E-state index contributed by atoms with van der Waals surface area (Å²) in [5.41, 5.74) is 1.29. The number of carbonyl (C=O) groups excluding carboxylic acids is 1. The Labute approximate surface area is 132 Å². The van der Waals surface area contributed by atoms with Crippen molar-refractivity contribution in [2.45, 2.75) is 25.8 Å². The van der Waals surface area contributed by atoms with Gasteiger partial charge >= 0.3 is 0 Å². The molecule has 0 aromatic heterocycles.